The van der Waals surface area contributed by atoms with Crippen molar-refractivity contribution in [2.24, 2.45) is 33.5 Å². The second-order valence-corrected chi connectivity index (χ2v) is 11.7. The van der Waals surface area contributed by atoms with Gasteiger partial charge in [0, 0.05) is 10.8 Å². The summed E-state index contributed by atoms with van der Waals surface area (Å²) in [4.78, 5) is 24.9. The van der Waals surface area contributed by atoms with Crippen molar-refractivity contribution in [1.82, 2.24) is 0 Å². The molecule has 4 nitrogen and oxygen atoms in total. The minimum absolute atomic E-state index is 0.00459. The van der Waals surface area contributed by atoms with E-state index in [1.54, 1.807) is 0 Å². The van der Waals surface area contributed by atoms with Gasteiger partial charge in [0.15, 0.2) is 0 Å². The molecule has 0 aromatic heterocycles. The monoisotopic (exact) mass is 390 g/mol. The van der Waals surface area contributed by atoms with Crippen LogP contribution in [-0.2, 0) is 19.1 Å². The van der Waals surface area contributed by atoms with Crippen molar-refractivity contribution in [3.8, 4) is 0 Å². The Morgan fingerprint density at radius 3 is 1.32 bits per heavy atom. The van der Waals surface area contributed by atoms with Crippen LogP contribution in [0.25, 0.3) is 0 Å². The molecule has 0 amide bonds. The Labute approximate surface area is 170 Å². The van der Waals surface area contributed by atoms with E-state index in [0.29, 0.717) is 11.8 Å². The number of esters is 2. The molecule has 28 heavy (non-hydrogen) atoms. The Balaban J connectivity index is 1.27. The van der Waals surface area contributed by atoms with E-state index < -0.39 is 0 Å². The van der Waals surface area contributed by atoms with E-state index in [1.807, 2.05) is 0 Å². The first kappa shape index (κ1) is 20.2. The summed E-state index contributed by atoms with van der Waals surface area (Å²) < 4.78 is 11.7. The second-order valence-electron chi connectivity index (χ2n) is 11.7. The Bertz CT molecular complexity index is 622. The first-order valence-electron chi connectivity index (χ1n) is 11.3. The molecule has 0 N–H and O–H groups in total. The van der Waals surface area contributed by atoms with E-state index in [-0.39, 0.29) is 58.6 Å². The van der Waals surface area contributed by atoms with E-state index in [0.717, 1.165) is 25.7 Å². The highest BCUT2D eigenvalue weighted by atomic mass is 16.6. The minimum Gasteiger partial charge on any atom is -0.462 e. The second kappa shape index (κ2) is 6.22. The molecule has 0 heterocycles. The Morgan fingerprint density at radius 2 is 1.07 bits per heavy atom. The van der Waals surface area contributed by atoms with E-state index in [2.05, 4.69) is 41.5 Å². The van der Waals surface area contributed by atoms with Gasteiger partial charge < -0.3 is 9.47 Å². The summed E-state index contributed by atoms with van der Waals surface area (Å²) in [5.74, 6) is 0.793. The van der Waals surface area contributed by atoms with Gasteiger partial charge in [0.05, 0.1) is 12.8 Å². The highest BCUT2D eigenvalue weighted by Gasteiger charge is 2.64. The maximum Gasteiger partial charge on any atom is 0.306 e. The molecule has 6 atom stereocenters. The van der Waals surface area contributed by atoms with Crippen LogP contribution in [0.4, 0.5) is 0 Å². The van der Waals surface area contributed by atoms with Gasteiger partial charge in [0.2, 0.25) is 0 Å². The van der Waals surface area contributed by atoms with Crippen LogP contribution in [0.5, 0.6) is 0 Å². The molecule has 0 aliphatic heterocycles. The van der Waals surface area contributed by atoms with Crippen LogP contribution >= 0.6 is 0 Å². The lowest BCUT2D eigenvalue weighted by Crippen LogP contribution is -2.39. The van der Waals surface area contributed by atoms with Crippen molar-refractivity contribution in [1.29, 1.82) is 0 Å². The van der Waals surface area contributed by atoms with Gasteiger partial charge in [-0.05, 0) is 61.2 Å². The van der Waals surface area contributed by atoms with Crippen molar-refractivity contribution in [2.75, 3.05) is 0 Å². The summed E-state index contributed by atoms with van der Waals surface area (Å²) in [5.41, 5.74) is 0.579. The van der Waals surface area contributed by atoms with E-state index >= 15 is 0 Å². The summed E-state index contributed by atoms with van der Waals surface area (Å²) in [7, 11) is 0. The molecule has 4 heteroatoms. The summed E-state index contributed by atoms with van der Waals surface area (Å²) in [5, 5.41) is 0. The molecule has 4 aliphatic rings. The normalized spacial score (nSPS) is 44.6. The number of carbonyl (C=O) groups is 2. The zero-order chi connectivity index (χ0) is 20.5. The zero-order valence-electron chi connectivity index (χ0n) is 18.6. The lowest BCUT2D eigenvalue weighted by Gasteiger charge is -2.38. The highest BCUT2D eigenvalue weighted by molar-refractivity contribution is 5.78. The van der Waals surface area contributed by atoms with Crippen LogP contribution in [0.1, 0.15) is 92.9 Å². The smallest absolute Gasteiger partial charge is 0.306 e. The minimum atomic E-state index is -0.244. The van der Waals surface area contributed by atoms with Crippen molar-refractivity contribution in [3.05, 3.63) is 0 Å². The number of hydrogen-bond acceptors (Lipinski definition) is 4. The first-order valence-corrected chi connectivity index (χ1v) is 11.3. The quantitative estimate of drug-likeness (QED) is 0.599. The van der Waals surface area contributed by atoms with Crippen molar-refractivity contribution in [2.45, 2.75) is 105 Å². The van der Waals surface area contributed by atoms with Crippen LogP contribution in [0, 0.1) is 33.5 Å². The molecule has 4 saturated carbocycles. The topological polar surface area (TPSA) is 52.6 Å². The molecule has 0 aromatic carbocycles. The zero-order valence-corrected chi connectivity index (χ0v) is 18.6. The molecule has 4 rings (SSSR count). The molecular weight excluding hydrogens is 352 g/mol. The lowest BCUT2D eigenvalue weighted by atomic mass is 9.70. The predicted octanol–water partition coefficient (Wildman–Crippen LogP) is 5.28. The molecule has 0 saturated heterocycles. The fraction of sp³-hybridized carbons (Fsp3) is 0.917. The van der Waals surface area contributed by atoms with Crippen LogP contribution in [0.3, 0.4) is 0 Å². The SMILES string of the molecule is CC1(C)[C@@H]2CC[C@]1(C)C(OC(=O)CCC(=O)OC1C[C@H]3CC[C@@]1(C)C3(C)C)C2. The Morgan fingerprint density at radius 1 is 0.714 bits per heavy atom. The van der Waals surface area contributed by atoms with Crippen LogP contribution < -0.4 is 0 Å². The maximum absolute atomic E-state index is 12.4. The molecule has 0 radical (unpaired) electrons. The number of rotatable bonds is 5. The predicted molar refractivity (Wildman–Crippen MR) is 107 cm³/mol. The fourth-order valence-corrected chi connectivity index (χ4v) is 7.26. The molecular formula is C24H38O4. The van der Waals surface area contributed by atoms with Crippen LogP contribution in [0.15, 0.2) is 0 Å². The highest BCUT2D eigenvalue weighted by Crippen LogP contribution is 2.67. The van der Waals surface area contributed by atoms with Gasteiger partial charge in [-0.25, -0.2) is 0 Å². The fourth-order valence-electron chi connectivity index (χ4n) is 7.26. The summed E-state index contributed by atoms with van der Waals surface area (Å²) in [6.45, 7) is 13.8. The molecule has 4 aliphatic carbocycles. The van der Waals surface area contributed by atoms with E-state index in [1.165, 1.54) is 12.8 Å². The molecule has 4 bridgehead atoms. The number of hydrogen-bond donors (Lipinski definition) is 0. The number of fused-ring (bicyclic) bond motifs is 4. The van der Waals surface area contributed by atoms with Gasteiger partial charge in [-0.2, -0.15) is 0 Å². The summed E-state index contributed by atoms with van der Waals surface area (Å²) in [6.07, 6.45) is 6.92. The van der Waals surface area contributed by atoms with Gasteiger partial charge in [0.1, 0.15) is 12.2 Å². The standard InChI is InChI=1S/C24H38O4/c1-21(2)15-9-11-23(21,5)17(13-15)27-19(25)7-8-20(26)28-18-14-16-10-12-24(18,6)22(16,3)4/h15-18H,7-14H2,1-6H3/t15-,16-,17?,18?,23-,24-/m1/s1. The first-order chi connectivity index (χ1) is 12.9. The molecule has 158 valence electrons. The molecule has 0 aromatic rings. The van der Waals surface area contributed by atoms with Gasteiger partial charge in [-0.3, -0.25) is 9.59 Å². The van der Waals surface area contributed by atoms with Gasteiger partial charge >= 0.3 is 11.9 Å². The summed E-state index contributed by atoms with van der Waals surface area (Å²) in [6, 6.07) is 0. The van der Waals surface area contributed by atoms with Gasteiger partial charge in [-0.1, -0.05) is 41.5 Å². The van der Waals surface area contributed by atoms with E-state index in [4.69, 9.17) is 9.47 Å². The van der Waals surface area contributed by atoms with Crippen molar-refractivity contribution >= 4 is 11.9 Å². The molecule has 4 fully saturated rings. The largest absolute Gasteiger partial charge is 0.462 e. The van der Waals surface area contributed by atoms with Crippen LogP contribution in [-0.4, -0.2) is 24.1 Å². The Hall–Kier alpha value is -1.06. The molecule has 2 unspecified atom stereocenters. The number of ether oxygens (including phenoxy) is 2. The van der Waals surface area contributed by atoms with Crippen LogP contribution in [0.2, 0.25) is 0 Å². The van der Waals surface area contributed by atoms with Crippen molar-refractivity contribution in [3.63, 3.8) is 0 Å². The third-order valence-electron chi connectivity index (χ3n) is 10.5. The van der Waals surface area contributed by atoms with Crippen molar-refractivity contribution < 1.29 is 19.1 Å². The Kier molecular flexibility index (Phi) is 4.49. The van der Waals surface area contributed by atoms with E-state index in [9.17, 15) is 9.59 Å². The third kappa shape index (κ3) is 2.61. The van der Waals surface area contributed by atoms with Gasteiger partial charge in [0.25, 0.3) is 0 Å². The maximum atomic E-state index is 12.4. The summed E-state index contributed by atoms with van der Waals surface area (Å²) >= 11 is 0. The average Bonchev–Trinajstić information content (AvgIpc) is 3.12. The molecule has 0 spiro atoms. The van der Waals surface area contributed by atoms with Gasteiger partial charge in [-0.15, -0.1) is 0 Å². The third-order valence-corrected chi connectivity index (χ3v) is 10.5. The number of carbonyl (C=O) groups excluding carboxylic acids is 2. The lowest BCUT2D eigenvalue weighted by molar-refractivity contribution is -0.163. The average molecular weight is 391 g/mol.